The summed E-state index contributed by atoms with van der Waals surface area (Å²) >= 11 is 5.59. The van der Waals surface area contributed by atoms with Gasteiger partial charge in [-0.3, -0.25) is 4.79 Å². The molecule has 0 aromatic heterocycles. The topological polar surface area (TPSA) is 43.1 Å². The second-order valence-corrected chi connectivity index (χ2v) is 4.48. The lowest BCUT2D eigenvalue weighted by molar-refractivity contribution is -0.122. The first kappa shape index (κ1) is 12.1. The zero-order valence-corrected chi connectivity index (χ0v) is 9.44. The lowest BCUT2D eigenvalue weighted by Crippen LogP contribution is -2.42. The van der Waals surface area contributed by atoms with E-state index in [-0.39, 0.29) is 17.2 Å². The Balaban J connectivity index is 2.83. The normalized spacial score (nSPS) is 11.5. The molecule has 0 amide bonds. The van der Waals surface area contributed by atoms with Gasteiger partial charge in [-0.15, -0.1) is 0 Å². The summed E-state index contributed by atoms with van der Waals surface area (Å²) in [7, 11) is 0. The van der Waals surface area contributed by atoms with Crippen molar-refractivity contribution in [3.63, 3.8) is 0 Å². The highest BCUT2D eigenvalue weighted by molar-refractivity contribution is 6.30. The molecular formula is C11H13ClFNO. The molecule has 0 aliphatic heterocycles. The minimum absolute atomic E-state index is 0.0233. The number of ketones is 1. The van der Waals surface area contributed by atoms with Gasteiger partial charge in [-0.2, -0.15) is 0 Å². The number of hydrogen-bond acceptors (Lipinski definition) is 2. The highest BCUT2D eigenvalue weighted by atomic mass is 35.5. The average Bonchev–Trinajstić information content (AvgIpc) is 2.10. The van der Waals surface area contributed by atoms with E-state index in [2.05, 4.69) is 0 Å². The fourth-order valence-corrected chi connectivity index (χ4v) is 1.27. The summed E-state index contributed by atoms with van der Waals surface area (Å²) in [5.41, 5.74) is 5.44. The molecule has 0 bridgehead atoms. The fourth-order valence-electron chi connectivity index (χ4n) is 1.06. The highest BCUT2D eigenvalue weighted by Gasteiger charge is 2.21. The Morgan fingerprint density at radius 3 is 2.60 bits per heavy atom. The van der Waals surface area contributed by atoms with Crippen molar-refractivity contribution in [1.29, 1.82) is 0 Å². The fraction of sp³-hybridized carbons (Fsp3) is 0.364. The molecule has 0 aliphatic carbocycles. The van der Waals surface area contributed by atoms with E-state index in [1.165, 1.54) is 18.2 Å². The highest BCUT2D eigenvalue weighted by Crippen LogP contribution is 2.17. The van der Waals surface area contributed by atoms with Crippen molar-refractivity contribution in [1.82, 2.24) is 0 Å². The second kappa shape index (κ2) is 4.29. The quantitative estimate of drug-likeness (QED) is 0.865. The summed E-state index contributed by atoms with van der Waals surface area (Å²) < 4.78 is 12.8. The monoisotopic (exact) mass is 229 g/mol. The second-order valence-electron chi connectivity index (χ2n) is 4.07. The van der Waals surface area contributed by atoms with Crippen LogP contribution in [0.25, 0.3) is 0 Å². The summed E-state index contributed by atoms with van der Waals surface area (Å²) in [4.78, 5) is 11.6. The predicted octanol–water partition coefficient (Wildman–Crippen LogP) is 2.33. The molecule has 15 heavy (non-hydrogen) atoms. The number of nitrogens with two attached hydrogens (primary N) is 1. The van der Waals surface area contributed by atoms with E-state index in [1.54, 1.807) is 13.8 Å². The number of benzene rings is 1. The van der Waals surface area contributed by atoms with Gasteiger partial charge in [0.25, 0.3) is 0 Å². The molecular weight excluding hydrogens is 217 g/mol. The third kappa shape index (κ3) is 3.29. The Kier molecular flexibility index (Phi) is 3.47. The van der Waals surface area contributed by atoms with Crippen LogP contribution in [-0.4, -0.2) is 11.3 Å². The molecule has 0 radical (unpaired) electrons. The Hall–Kier alpha value is -0.930. The Morgan fingerprint density at radius 2 is 2.13 bits per heavy atom. The molecule has 0 saturated heterocycles. The van der Waals surface area contributed by atoms with Crippen LogP contribution in [0.5, 0.6) is 0 Å². The third-order valence-corrected chi connectivity index (χ3v) is 2.36. The van der Waals surface area contributed by atoms with Crippen LogP contribution in [0.2, 0.25) is 5.02 Å². The number of carbonyl (C=O) groups is 1. The van der Waals surface area contributed by atoms with Gasteiger partial charge in [0.05, 0.1) is 10.6 Å². The van der Waals surface area contributed by atoms with Crippen LogP contribution in [0.1, 0.15) is 19.4 Å². The van der Waals surface area contributed by atoms with E-state index in [1.807, 2.05) is 0 Å². The summed E-state index contributed by atoms with van der Waals surface area (Å²) in [6, 6.07) is 4.22. The van der Waals surface area contributed by atoms with Gasteiger partial charge in [0.15, 0.2) is 5.78 Å². The first-order valence-electron chi connectivity index (χ1n) is 4.57. The lowest BCUT2D eigenvalue weighted by atomic mass is 9.95. The van der Waals surface area contributed by atoms with Crippen molar-refractivity contribution in [2.45, 2.75) is 25.8 Å². The molecule has 1 aromatic carbocycles. The molecule has 0 atom stereocenters. The zero-order chi connectivity index (χ0) is 11.6. The standard InChI is InChI=1S/C11H13ClFNO/c1-11(2,14)10(15)6-7-3-4-9(13)8(12)5-7/h3-5H,6,14H2,1-2H3. The van der Waals surface area contributed by atoms with Gasteiger partial charge in [0, 0.05) is 6.42 Å². The van der Waals surface area contributed by atoms with E-state index in [4.69, 9.17) is 17.3 Å². The minimum atomic E-state index is -0.874. The van der Waals surface area contributed by atoms with Gasteiger partial charge >= 0.3 is 0 Å². The molecule has 0 unspecified atom stereocenters. The molecule has 0 heterocycles. The maximum Gasteiger partial charge on any atom is 0.156 e. The van der Waals surface area contributed by atoms with Crippen molar-refractivity contribution < 1.29 is 9.18 Å². The molecule has 2 nitrogen and oxygen atoms in total. The van der Waals surface area contributed by atoms with Crippen LogP contribution in [0.3, 0.4) is 0 Å². The van der Waals surface area contributed by atoms with Crippen molar-refractivity contribution in [3.05, 3.63) is 34.6 Å². The van der Waals surface area contributed by atoms with Crippen LogP contribution < -0.4 is 5.73 Å². The molecule has 0 saturated carbocycles. The van der Waals surface area contributed by atoms with Gasteiger partial charge in [-0.05, 0) is 31.5 Å². The lowest BCUT2D eigenvalue weighted by Gasteiger charge is -2.16. The summed E-state index contributed by atoms with van der Waals surface area (Å²) in [5.74, 6) is -0.593. The van der Waals surface area contributed by atoms with Crippen LogP contribution >= 0.6 is 11.6 Å². The first-order valence-corrected chi connectivity index (χ1v) is 4.94. The third-order valence-electron chi connectivity index (χ3n) is 2.07. The zero-order valence-electron chi connectivity index (χ0n) is 8.68. The van der Waals surface area contributed by atoms with Gasteiger partial charge in [0.2, 0.25) is 0 Å². The van der Waals surface area contributed by atoms with Crippen molar-refractivity contribution in [2.75, 3.05) is 0 Å². The van der Waals surface area contributed by atoms with Gasteiger partial charge in [-0.1, -0.05) is 17.7 Å². The van der Waals surface area contributed by atoms with E-state index >= 15 is 0 Å². The average molecular weight is 230 g/mol. The molecule has 0 spiro atoms. The SMILES string of the molecule is CC(C)(N)C(=O)Cc1ccc(F)c(Cl)c1. The summed E-state index contributed by atoms with van der Waals surface area (Å²) in [6.07, 6.45) is 0.170. The van der Waals surface area contributed by atoms with Crippen LogP contribution in [0.15, 0.2) is 18.2 Å². The molecule has 0 aliphatic rings. The van der Waals surface area contributed by atoms with Crippen molar-refractivity contribution in [2.24, 2.45) is 5.73 Å². The van der Waals surface area contributed by atoms with Crippen LogP contribution in [0.4, 0.5) is 4.39 Å². The van der Waals surface area contributed by atoms with Gasteiger partial charge < -0.3 is 5.73 Å². The predicted molar refractivity (Wildman–Crippen MR) is 58.4 cm³/mol. The van der Waals surface area contributed by atoms with Gasteiger partial charge in [-0.25, -0.2) is 4.39 Å². The molecule has 1 aromatic rings. The molecule has 4 heteroatoms. The van der Waals surface area contributed by atoms with E-state index < -0.39 is 11.4 Å². The van der Waals surface area contributed by atoms with E-state index in [0.717, 1.165) is 0 Å². The summed E-state index contributed by atoms with van der Waals surface area (Å²) in [5, 5.41) is 0.0233. The Morgan fingerprint density at radius 1 is 1.53 bits per heavy atom. The minimum Gasteiger partial charge on any atom is -0.319 e. The number of Topliss-reactive ketones (excluding diaryl/α,β-unsaturated/α-hetero) is 1. The smallest absolute Gasteiger partial charge is 0.156 e. The van der Waals surface area contributed by atoms with Crippen LogP contribution in [-0.2, 0) is 11.2 Å². The number of hydrogen-bond donors (Lipinski definition) is 1. The number of halogens is 2. The number of rotatable bonds is 3. The largest absolute Gasteiger partial charge is 0.319 e. The van der Waals surface area contributed by atoms with Crippen molar-refractivity contribution in [3.8, 4) is 0 Å². The summed E-state index contributed by atoms with van der Waals surface area (Å²) in [6.45, 7) is 3.28. The van der Waals surface area contributed by atoms with Crippen molar-refractivity contribution >= 4 is 17.4 Å². The van der Waals surface area contributed by atoms with Crippen LogP contribution in [0, 0.1) is 5.82 Å². The maximum absolute atomic E-state index is 12.8. The van der Waals surface area contributed by atoms with Gasteiger partial charge in [0.1, 0.15) is 5.82 Å². The first-order chi connectivity index (χ1) is 6.80. The Labute approximate surface area is 93.2 Å². The number of carbonyl (C=O) groups excluding carboxylic acids is 1. The Bertz CT molecular complexity index is 385. The van der Waals surface area contributed by atoms with E-state index in [9.17, 15) is 9.18 Å². The molecule has 1 rings (SSSR count). The molecule has 2 N–H and O–H groups in total. The van der Waals surface area contributed by atoms with E-state index in [0.29, 0.717) is 5.56 Å². The maximum atomic E-state index is 12.8. The molecule has 0 fully saturated rings. The molecule has 82 valence electrons.